The zero-order chi connectivity index (χ0) is 15.9. The fourth-order valence-corrected chi connectivity index (χ4v) is 5.49. The van der Waals surface area contributed by atoms with Crippen molar-refractivity contribution in [1.82, 2.24) is 0 Å². The number of benzene rings is 1. The van der Waals surface area contributed by atoms with Crippen molar-refractivity contribution in [3.63, 3.8) is 0 Å². The Morgan fingerprint density at radius 3 is 2.64 bits per heavy atom. The second-order valence-electron chi connectivity index (χ2n) is 7.70. The third-order valence-electron chi connectivity index (χ3n) is 6.85. The van der Waals surface area contributed by atoms with E-state index in [1.54, 1.807) is 16.7 Å². The van der Waals surface area contributed by atoms with Crippen LogP contribution in [-0.4, -0.2) is 0 Å². The molecule has 0 heterocycles. The molecule has 22 heavy (non-hydrogen) atoms. The van der Waals surface area contributed by atoms with E-state index in [-0.39, 0.29) is 0 Å². The van der Waals surface area contributed by atoms with Crippen LogP contribution < -0.4 is 0 Å². The largest absolute Gasteiger partial charge is 0.0847 e. The molecule has 4 atom stereocenters. The van der Waals surface area contributed by atoms with Gasteiger partial charge < -0.3 is 0 Å². The predicted octanol–water partition coefficient (Wildman–Crippen LogP) is 6.43. The molecular formula is C22H32. The van der Waals surface area contributed by atoms with Crippen LogP contribution in [0.25, 0.3) is 0 Å². The molecule has 1 saturated carbocycles. The fourth-order valence-electron chi connectivity index (χ4n) is 5.49. The maximum absolute atomic E-state index is 2.54. The Labute approximate surface area is 137 Å². The molecule has 1 aromatic carbocycles. The van der Waals surface area contributed by atoms with Gasteiger partial charge in [-0.25, -0.2) is 0 Å². The summed E-state index contributed by atoms with van der Waals surface area (Å²) < 4.78 is 0. The molecule has 3 aliphatic carbocycles. The molecule has 0 N–H and O–H groups in total. The normalized spacial score (nSPS) is 35.5. The van der Waals surface area contributed by atoms with Crippen LogP contribution in [0, 0.1) is 24.2 Å². The van der Waals surface area contributed by atoms with E-state index < -0.39 is 0 Å². The topological polar surface area (TPSA) is 0 Å². The molecule has 3 aliphatic rings. The lowest BCUT2D eigenvalue weighted by molar-refractivity contribution is 0.0754. The number of aryl methyl sites for hydroxylation is 2. The van der Waals surface area contributed by atoms with Gasteiger partial charge in [0, 0.05) is 0 Å². The monoisotopic (exact) mass is 296 g/mol. The summed E-state index contributed by atoms with van der Waals surface area (Å²) in [4.78, 5) is 0. The van der Waals surface area contributed by atoms with Crippen molar-refractivity contribution < 1.29 is 0 Å². The van der Waals surface area contributed by atoms with Gasteiger partial charge in [-0.2, -0.15) is 0 Å². The van der Waals surface area contributed by atoms with Crippen LogP contribution >= 0.6 is 0 Å². The van der Waals surface area contributed by atoms with Crippen LogP contribution in [0.1, 0.15) is 76.0 Å². The highest BCUT2D eigenvalue weighted by Gasteiger charge is 2.50. The van der Waals surface area contributed by atoms with Gasteiger partial charge in [0.2, 0.25) is 0 Å². The van der Waals surface area contributed by atoms with Gasteiger partial charge in [-0.15, -0.1) is 0 Å². The van der Waals surface area contributed by atoms with E-state index in [1.165, 1.54) is 37.7 Å². The first-order chi connectivity index (χ1) is 10.6. The van der Waals surface area contributed by atoms with Gasteiger partial charge >= 0.3 is 0 Å². The summed E-state index contributed by atoms with van der Waals surface area (Å²) in [6.45, 7) is 11.1. The van der Waals surface area contributed by atoms with Crippen LogP contribution in [-0.2, 0) is 6.42 Å². The Balaban J connectivity index is 0.000000693. The van der Waals surface area contributed by atoms with Gasteiger partial charge in [-0.1, -0.05) is 56.2 Å². The third kappa shape index (κ3) is 2.27. The highest BCUT2D eigenvalue weighted by Crippen LogP contribution is 2.60. The van der Waals surface area contributed by atoms with Crippen LogP contribution in [0.4, 0.5) is 0 Å². The molecular weight excluding hydrogens is 264 g/mol. The molecule has 0 bridgehead atoms. The number of hydrogen-bond acceptors (Lipinski definition) is 0. The van der Waals surface area contributed by atoms with E-state index in [0.717, 1.165) is 17.8 Å². The van der Waals surface area contributed by atoms with Crippen molar-refractivity contribution in [3.8, 4) is 0 Å². The van der Waals surface area contributed by atoms with E-state index >= 15 is 0 Å². The van der Waals surface area contributed by atoms with Crippen molar-refractivity contribution >= 4 is 0 Å². The second kappa shape index (κ2) is 5.87. The molecule has 0 spiro atoms. The summed E-state index contributed by atoms with van der Waals surface area (Å²) in [5.74, 6) is 2.69. The van der Waals surface area contributed by atoms with Gasteiger partial charge in [0.25, 0.3) is 0 Å². The quantitative estimate of drug-likeness (QED) is 0.484. The molecule has 0 aliphatic heterocycles. The van der Waals surface area contributed by atoms with Gasteiger partial charge in [0.05, 0.1) is 0 Å². The van der Waals surface area contributed by atoms with E-state index in [4.69, 9.17) is 0 Å². The van der Waals surface area contributed by atoms with E-state index in [1.807, 2.05) is 13.8 Å². The molecule has 0 heteroatoms. The summed E-state index contributed by atoms with van der Waals surface area (Å²) in [5.41, 5.74) is 6.97. The van der Waals surface area contributed by atoms with Gasteiger partial charge in [0.1, 0.15) is 0 Å². The molecule has 0 amide bonds. The standard InChI is InChI=1S/C20H26.C2H6/c1-13-4-7-16-15(12-13)6-8-18-17(16)10-11-20(3)14(2)5-9-19(18)20;1-2/h4-5,7,12,17-19H,6,8-11H2,1-3H3;1-2H3. The summed E-state index contributed by atoms with van der Waals surface area (Å²) in [7, 11) is 0. The smallest absolute Gasteiger partial charge is 0.00849 e. The minimum Gasteiger partial charge on any atom is -0.0847 e. The minimum atomic E-state index is 0.517. The lowest BCUT2D eigenvalue weighted by Gasteiger charge is -2.50. The molecule has 0 radical (unpaired) electrons. The first kappa shape index (κ1) is 15.8. The Hall–Kier alpha value is -1.04. The van der Waals surface area contributed by atoms with Crippen LogP contribution in [0.2, 0.25) is 0 Å². The van der Waals surface area contributed by atoms with Crippen molar-refractivity contribution in [2.45, 2.75) is 72.6 Å². The molecule has 120 valence electrons. The Morgan fingerprint density at radius 1 is 1.09 bits per heavy atom. The Morgan fingerprint density at radius 2 is 1.86 bits per heavy atom. The lowest BCUT2D eigenvalue weighted by atomic mass is 9.54. The van der Waals surface area contributed by atoms with Gasteiger partial charge in [-0.05, 0) is 80.2 Å². The summed E-state index contributed by atoms with van der Waals surface area (Å²) >= 11 is 0. The van der Waals surface area contributed by atoms with Crippen LogP contribution in [0.3, 0.4) is 0 Å². The van der Waals surface area contributed by atoms with Crippen molar-refractivity contribution in [2.24, 2.45) is 17.3 Å². The Kier molecular flexibility index (Phi) is 4.23. The maximum Gasteiger partial charge on any atom is -0.00849 e. The number of fused-ring (bicyclic) bond motifs is 5. The molecule has 1 aromatic rings. The summed E-state index contributed by atoms with van der Waals surface area (Å²) in [6.07, 6.45) is 9.40. The molecule has 1 fully saturated rings. The average molecular weight is 296 g/mol. The maximum atomic E-state index is 2.54. The predicted molar refractivity (Wildman–Crippen MR) is 96.3 cm³/mol. The molecule has 4 rings (SSSR count). The zero-order valence-electron chi connectivity index (χ0n) is 15.1. The molecule has 0 nitrogen and oxygen atoms in total. The van der Waals surface area contributed by atoms with Crippen molar-refractivity contribution in [2.75, 3.05) is 0 Å². The molecule has 0 saturated heterocycles. The lowest BCUT2D eigenvalue weighted by Crippen LogP contribution is -2.40. The SMILES string of the molecule is CC.CC1=CCC2C3CCc4cc(C)ccc4C3CCC12C. The van der Waals surface area contributed by atoms with Crippen LogP contribution in [0.5, 0.6) is 0 Å². The van der Waals surface area contributed by atoms with Gasteiger partial charge in [-0.3, -0.25) is 0 Å². The number of hydrogen-bond donors (Lipinski definition) is 0. The van der Waals surface area contributed by atoms with Gasteiger partial charge in [0.15, 0.2) is 0 Å². The average Bonchev–Trinajstić information content (AvgIpc) is 2.84. The summed E-state index contributed by atoms with van der Waals surface area (Å²) in [6, 6.07) is 7.21. The minimum absolute atomic E-state index is 0.517. The molecule has 0 aromatic heterocycles. The molecule has 4 unspecified atom stereocenters. The van der Waals surface area contributed by atoms with Crippen molar-refractivity contribution in [3.05, 3.63) is 46.5 Å². The third-order valence-corrected chi connectivity index (χ3v) is 6.85. The Bertz CT molecular complexity index is 580. The highest BCUT2D eigenvalue weighted by molar-refractivity contribution is 5.38. The van der Waals surface area contributed by atoms with E-state index in [0.29, 0.717) is 5.41 Å². The summed E-state index contributed by atoms with van der Waals surface area (Å²) in [5, 5.41) is 0. The number of rotatable bonds is 0. The fraction of sp³-hybridized carbons (Fsp3) is 0.636. The zero-order valence-corrected chi connectivity index (χ0v) is 15.1. The second-order valence-corrected chi connectivity index (χ2v) is 7.70. The first-order valence-corrected chi connectivity index (χ1v) is 9.36. The van der Waals surface area contributed by atoms with Crippen molar-refractivity contribution in [1.29, 1.82) is 0 Å². The van der Waals surface area contributed by atoms with E-state index in [2.05, 4.69) is 45.0 Å². The highest BCUT2D eigenvalue weighted by atomic mass is 14.5. The number of allylic oxidation sites excluding steroid dienone is 2. The first-order valence-electron chi connectivity index (χ1n) is 9.36. The van der Waals surface area contributed by atoms with E-state index in [9.17, 15) is 0 Å². The van der Waals surface area contributed by atoms with Crippen LogP contribution in [0.15, 0.2) is 29.8 Å².